The van der Waals surface area contributed by atoms with Gasteiger partial charge in [-0.3, -0.25) is 5.10 Å². The maximum absolute atomic E-state index is 4.43. The summed E-state index contributed by atoms with van der Waals surface area (Å²) in [6.07, 6.45) is 4.19. The quantitative estimate of drug-likeness (QED) is 0.769. The number of tetrazole rings is 1. The van der Waals surface area contributed by atoms with Crippen molar-refractivity contribution in [2.75, 3.05) is 0 Å². The number of H-pyrrole nitrogens is 2. The second kappa shape index (κ2) is 3.03. The summed E-state index contributed by atoms with van der Waals surface area (Å²) in [6.45, 7) is 3.81. The van der Waals surface area contributed by atoms with E-state index in [0.29, 0.717) is 11.7 Å². The number of allylic oxidation sites excluding steroid dienone is 1. The highest BCUT2D eigenvalue weighted by Crippen LogP contribution is 2.63. The molecule has 1 saturated carbocycles. The molecule has 2 aromatic heterocycles. The SMILES string of the molecule is C=CCC1[C@H]2c3n[nH]c(-c4nn[nH]n4)c3C[C@@H]12. The molecular formula is C11H12N6. The van der Waals surface area contributed by atoms with Gasteiger partial charge in [0.15, 0.2) is 0 Å². The van der Waals surface area contributed by atoms with Crippen molar-refractivity contribution in [1.82, 2.24) is 30.8 Å². The number of rotatable bonds is 3. The predicted octanol–water partition coefficient (Wildman–Crippen LogP) is 1.05. The van der Waals surface area contributed by atoms with Crippen molar-refractivity contribution in [3.05, 3.63) is 23.9 Å². The maximum atomic E-state index is 4.43. The zero-order chi connectivity index (χ0) is 11.4. The lowest BCUT2D eigenvalue weighted by molar-refractivity contribution is 0.702. The third-order valence-corrected chi connectivity index (χ3v) is 3.99. The van der Waals surface area contributed by atoms with Gasteiger partial charge in [0.25, 0.3) is 0 Å². The number of aromatic amines is 2. The zero-order valence-electron chi connectivity index (χ0n) is 9.22. The Morgan fingerprint density at radius 3 is 3.12 bits per heavy atom. The van der Waals surface area contributed by atoms with Crippen LogP contribution in [0.1, 0.15) is 23.6 Å². The van der Waals surface area contributed by atoms with Crippen LogP contribution in [0, 0.1) is 11.8 Å². The van der Waals surface area contributed by atoms with Crippen molar-refractivity contribution in [2.24, 2.45) is 11.8 Å². The molecule has 4 rings (SSSR count). The van der Waals surface area contributed by atoms with Crippen LogP contribution < -0.4 is 0 Å². The molecule has 0 aliphatic heterocycles. The van der Waals surface area contributed by atoms with Gasteiger partial charge in [0.05, 0.1) is 5.69 Å². The largest absolute Gasteiger partial charge is 0.274 e. The van der Waals surface area contributed by atoms with E-state index >= 15 is 0 Å². The number of hydrogen-bond donors (Lipinski definition) is 2. The Labute approximate surface area is 97.5 Å². The fraction of sp³-hybridized carbons (Fsp3) is 0.455. The molecule has 0 spiro atoms. The van der Waals surface area contributed by atoms with Crippen LogP contribution in [0.15, 0.2) is 12.7 Å². The van der Waals surface area contributed by atoms with Gasteiger partial charge in [0.2, 0.25) is 5.82 Å². The van der Waals surface area contributed by atoms with Gasteiger partial charge in [-0.2, -0.15) is 10.3 Å². The Morgan fingerprint density at radius 2 is 2.35 bits per heavy atom. The number of hydrogen-bond acceptors (Lipinski definition) is 4. The molecule has 2 N–H and O–H groups in total. The summed E-state index contributed by atoms with van der Waals surface area (Å²) < 4.78 is 0. The van der Waals surface area contributed by atoms with Gasteiger partial charge in [-0.25, -0.2) is 0 Å². The van der Waals surface area contributed by atoms with E-state index in [9.17, 15) is 0 Å². The molecule has 2 aliphatic carbocycles. The van der Waals surface area contributed by atoms with E-state index < -0.39 is 0 Å². The highest BCUT2D eigenvalue weighted by atomic mass is 15.5. The van der Waals surface area contributed by atoms with Crippen molar-refractivity contribution >= 4 is 0 Å². The molecule has 6 nitrogen and oxygen atoms in total. The van der Waals surface area contributed by atoms with Crippen molar-refractivity contribution in [3.63, 3.8) is 0 Å². The van der Waals surface area contributed by atoms with Crippen LogP contribution in [0.3, 0.4) is 0 Å². The summed E-state index contributed by atoms with van der Waals surface area (Å²) in [7, 11) is 0. The molecule has 3 atom stereocenters. The van der Waals surface area contributed by atoms with Crippen molar-refractivity contribution in [1.29, 1.82) is 0 Å². The fourth-order valence-electron chi connectivity index (χ4n) is 3.19. The summed E-state index contributed by atoms with van der Waals surface area (Å²) in [4.78, 5) is 0. The van der Waals surface area contributed by atoms with E-state index in [2.05, 4.69) is 37.4 Å². The van der Waals surface area contributed by atoms with E-state index in [1.54, 1.807) is 0 Å². The van der Waals surface area contributed by atoms with Gasteiger partial charge in [-0.15, -0.1) is 16.8 Å². The molecule has 1 fully saturated rings. The van der Waals surface area contributed by atoms with E-state index in [-0.39, 0.29) is 0 Å². The summed E-state index contributed by atoms with van der Waals surface area (Å²) in [5, 5.41) is 21.5. The average Bonchev–Trinajstić information content (AvgIpc) is 2.82. The van der Waals surface area contributed by atoms with Crippen LogP contribution in [-0.2, 0) is 6.42 Å². The number of nitrogens with one attached hydrogen (secondary N) is 2. The normalized spacial score (nSPS) is 28.8. The molecule has 2 heterocycles. The van der Waals surface area contributed by atoms with Gasteiger partial charge in [0, 0.05) is 11.5 Å². The van der Waals surface area contributed by atoms with Crippen LogP contribution in [0.4, 0.5) is 0 Å². The minimum Gasteiger partial charge on any atom is -0.274 e. The number of aromatic nitrogens is 6. The Hall–Kier alpha value is -1.98. The Balaban J connectivity index is 1.70. The minimum absolute atomic E-state index is 0.611. The number of nitrogens with zero attached hydrogens (tertiary/aromatic N) is 4. The first kappa shape index (κ1) is 9.09. The molecule has 0 saturated heterocycles. The third-order valence-electron chi connectivity index (χ3n) is 3.99. The second-order valence-corrected chi connectivity index (χ2v) is 4.78. The van der Waals surface area contributed by atoms with Crippen LogP contribution in [-0.4, -0.2) is 30.8 Å². The van der Waals surface area contributed by atoms with E-state index in [4.69, 9.17) is 0 Å². The summed E-state index contributed by atoms with van der Waals surface area (Å²) in [6, 6.07) is 0. The fourth-order valence-corrected chi connectivity index (χ4v) is 3.19. The van der Waals surface area contributed by atoms with Gasteiger partial charge < -0.3 is 0 Å². The van der Waals surface area contributed by atoms with Gasteiger partial charge >= 0.3 is 0 Å². The highest BCUT2D eigenvalue weighted by Gasteiger charge is 2.57. The zero-order valence-corrected chi connectivity index (χ0v) is 9.22. The number of fused-ring (bicyclic) bond motifs is 3. The van der Waals surface area contributed by atoms with E-state index in [1.165, 1.54) is 11.3 Å². The molecule has 1 unspecified atom stereocenters. The third kappa shape index (κ3) is 1.09. The lowest BCUT2D eigenvalue weighted by Gasteiger charge is -2.00. The van der Waals surface area contributed by atoms with Crippen LogP contribution in [0.2, 0.25) is 0 Å². The monoisotopic (exact) mass is 228 g/mol. The van der Waals surface area contributed by atoms with Crippen LogP contribution in [0.5, 0.6) is 0 Å². The molecular weight excluding hydrogens is 216 g/mol. The van der Waals surface area contributed by atoms with Gasteiger partial charge in [-0.05, 0) is 29.9 Å². The van der Waals surface area contributed by atoms with Crippen LogP contribution in [0.25, 0.3) is 11.5 Å². The summed E-state index contributed by atoms with van der Waals surface area (Å²) in [5.41, 5.74) is 3.42. The Kier molecular flexibility index (Phi) is 1.62. The summed E-state index contributed by atoms with van der Waals surface area (Å²) >= 11 is 0. The topological polar surface area (TPSA) is 83.1 Å². The molecule has 6 heteroatoms. The first-order valence-electron chi connectivity index (χ1n) is 5.82. The van der Waals surface area contributed by atoms with Crippen molar-refractivity contribution < 1.29 is 0 Å². The minimum atomic E-state index is 0.611. The van der Waals surface area contributed by atoms with E-state index in [0.717, 1.165) is 30.4 Å². The lowest BCUT2D eigenvalue weighted by Crippen LogP contribution is -1.93. The van der Waals surface area contributed by atoms with Crippen molar-refractivity contribution in [3.8, 4) is 11.5 Å². The smallest absolute Gasteiger partial charge is 0.222 e. The Bertz CT molecular complexity index is 569. The predicted molar refractivity (Wildman–Crippen MR) is 60.0 cm³/mol. The maximum Gasteiger partial charge on any atom is 0.222 e. The molecule has 0 amide bonds. The van der Waals surface area contributed by atoms with Gasteiger partial charge in [-0.1, -0.05) is 6.08 Å². The summed E-state index contributed by atoms with van der Waals surface area (Å²) in [5.74, 6) is 2.74. The molecule has 0 aromatic carbocycles. The second-order valence-electron chi connectivity index (χ2n) is 4.78. The standard InChI is InChI=1S/C11H12N6/c1-2-3-5-6-4-7-9(8(5)6)12-13-10(7)11-14-16-17-15-11/h2,5-6,8H,1,3-4H2,(H,12,13)(H,14,15,16,17)/t5?,6-,8+/m0/s1. The van der Waals surface area contributed by atoms with E-state index in [1.807, 2.05) is 6.08 Å². The first-order chi connectivity index (χ1) is 8.40. The van der Waals surface area contributed by atoms with Crippen molar-refractivity contribution in [2.45, 2.75) is 18.8 Å². The molecule has 17 heavy (non-hydrogen) atoms. The highest BCUT2D eigenvalue weighted by molar-refractivity contribution is 5.59. The van der Waals surface area contributed by atoms with Gasteiger partial charge in [0.1, 0.15) is 5.69 Å². The molecule has 2 aromatic rings. The molecule has 0 bridgehead atoms. The molecule has 86 valence electrons. The first-order valence-corrected chi connectivity index (χ1v) is 5.82. The average molecular weight is 228 g/mol. The lowest BCUT2D eigenvalue weighted by atomic mass is 10.0. The van der Waals surface area contributed by atoms with Crippen LogP contribution >= 0.6 is 0 Å². The molecule has 0 radical (unpaired) electrons. The Morgan fingerprint density at radius 1 is 1.41 bits per heavy atom. The molecule has 2 aliphatic rings.